The number of aromatic nitrogens is 1. The summed E-state index contributed by atoms with van der Waals surface area (Å²) in [7, 11) is 0. The van der Waals surface area contributed by atoms with E-state index in [9.17, 15) is 13.2 Å². The van der Waals surface area contributed by atoms with Gasteiger partial charge in [-0.2, -0.15) is 8.78 Å². The predicted octanol–water partition coefficient (Wildman–Crippen LogP) is 4.12. The quantitative estimate of drug-likeness (QED) is 0.813. The lowest BCUT2D eigenvalue weighted by Gasteiger charge is -2.18. The SMILES string of the molecule is Fc1c(Br)cccc1C(F)(F)c1ccncc1. The second-order valence-corrected chi connectivity index (χ2v) is 4.27. The molecule has 2 rings (SSSR count). The first-order chi connectivity index (χ1) is 8.03. The summed E-state index contributed by atoms with van der Waals surface area (Å²) in [6, 6.07) is 6.15. The van der Waals surface area contributed by atoms with Crippen LogP contribution in [-0.4, -0.2) is 4.98 Å². The van der Waals surface area contributed by atoms with Gasteiger partial charge in [-0.05, 0) is 40.2 Å². The van der Waals surface area contributed by atoms with Crippen LogP contribution in [0.25, 0.3) is 0 Å². The number of halogens is 4. The molecule has 1 nitrogen and oxygen atoms in total. The van der Waals surface area contributed by atoms with Gasteiger partial charge in [0.1, 0.15) is 5.82 Å². The standard InChI is InChI=1S/C12H7BrF3N/c13-10-3-1-2-9(11(10)14)12(15,16)8-4-6-17-7-5-8/h1-7H. The monoisotopic (exact) mass is 301 g/mol. The van der Waals surface area contributed by atoms with Gasteiger partial charge in [-0.15, -0.1) is 0 Å². The Morgan fingerprint density at radius 3 is 2.35 bits per heavy atom. The van der Waals surface area contributed by atoms with Crippen LogP contribution in [0.5, 0.6) is 0 Å². The first-order valence-corrected chi connectivity index (χ1v) is 5.55. The van der Waals surface area contributed by atoms with Gasteiger partial charge in [-0.1, -0.05) is 6.07 Å². The zero-order valence-corrected chi connectivity index (χ0v) is 10.1. The number of hydrogen-bond acceptors (Lipinski definition) is 1. The van der Waals surface area contributed by atoms with Crippen molar-refractivity contribution in [2.45, 2.75) is 5.92 Å². The van der Waals surface area contributed by atoms with Gasteiger partial charge in [-0.25, -0.2) is 4.39 Å². The number of rotatable bonds is 2. The highest BCUT2D eigenvalue weighted by molar-refractivity contribution is 9.10. The van der Waals surface area contributed by atoms with E-state index in [0.717, 1.165) is 6.07 Å². The molecular weight excluding hydrogens is 295 g/mol. The Morgan fingerprint density at radius 1 is 1.06 bits per heavy atom. The maximum absolute atomic E-state index is 14.0. The minimum absolute atomic E-state index is 0.0173. The first-order valence-electron chi connectivity index (χ1n) is 4.76. The number of pyridine rings is 1. The van der Waals surface area contributed by atoms with Crippen molar-refractivity contribution in [3.8, 4) is 0 Å². The van der Waals surface area contributed by atoms with Crippen molar-refractivity contribution in [1.82, 2.24) is 4.98 Å². The number of hydrogen-bond donors (Lipinski definition) is 0. The van der Waals surface area contributed by atoms with Crippen LogP contribution in [0.15, 0.2) is 47.2 Å². The highest BCUT2D eigenvalue weighted by atomic mass is 79.9. The minimum atomic E-state index is -3.38. The van der Waals surface area contributed by atoms with Gasteiger partial charge in [0.25, 0.3) is 0 Å². The third-order valence-corrected chi connectivity index (χ3v) is 2.95. The van der Waals surface area contributed by atoms with Crippen LogP contribution in [0.1, 0.15) is 11.1 Å². The van der Waals surface area contributed by atoms with Crippen molar-refractivity contribution < 1.29 is 13.2 Å². The second kappa shape index (κ2) is 4.49. The molecule has 88 valence electrons. The summed E-state index contributed by atoms with van der Waals surface area (Å²) in [5.74, 6) is -4.33. The smallest absolute Gasteiger partial charge is 0.265 e. The Balaban J connectivity index is 2.56. The van der Waals surface area contributed by atoms with Crippen molar-refractivity contribution in [1.29, 1.82) is 0 Å². The highest BCUT2D eigenvalue weighted by Crippen LogP contribution is 2.38. The summed E-state index contributed by atoms with van der Waals surface area (Å²) in [5.41, 5.74) is -0.942. The highest BCUT2D eigenvalue weighted by Gasteiger charge is 2.37. The molecule has 0 bridgehead atoms. The zero-order chi connectivity index (χ0) is 12.5. The number of benzene rings is 1. The molecule has 0 saturated carbocycles. The predicted molar refractivity (Wildman–Crippen MR) is 61.3 cm³/mol. The molecule has 0 spiro atoms. The van der Waals surface area contributed by atoms with Gasteiger partial charge in [0.05, 0.1) is 10.0 Å². The Morgan fingerprint density at radius 2 is 1.71 bits per heavy atom. The summed E-state index contributed by atoms with van der Waals surface area (Å²) < 4.78 is 41.7. The average Bonchev–Trinajstić information content (AvgIpc) is 2.33. The fraction of sp³-hybridized carbons (Fsp3) is 0.0833. The summed E-state index contributed by atoms with van der Waals surface area (Å²) in [4.78, 5) is 3.66. The zero-order valence-electron chi connectivity index (χ0n) is 8.50. The lowest BCUT2D eigenvalue weighted by Crippen LogP contribution is -2.17. The Hall–Kier alpha value is -1.36. The fourth-order valence-corrected chi connectivity index (χ4v) is 1.83. The fourth-order valence-electron chi connectivity index (χ4n) is 1.46. The van der Waals surface area contributed by atoms with Crippen LogP contribution in [0, 0.1) is 5.82 Å². The normalized spacial score (nSPS) is 11.5. The summed E-state index contributed by atoms with van der Waals surface area (Å²) in [5, 5.41) is 0. The molecule has 0 aliphatic carbocycles. The van der Waals surface area contributed by atoms with Crippen LogP contribution in [-0.2, 0) is 5.92 Å². The van der Waals surface area contributed by atoms with Gasteiger partial charge in [0.15, 0.2) is 0 Å². The van der Waals surface area contributed by atoms with Gasteiger partial charge in [0, 0.05) is 18.0 Å². The minimum Gasteiger partial charge on any atom is -0.265 e. The van der Waals surface area contributed by atoms with E-state index in [1.165, 1.54) is 36.7 Å². The van der Waals surface area contributed by atoms with E-state index in [-0.39, 0.29) is 10.0 Å². The summed E-state index contributed by atoms with van der Waals surface area (Å²) in [6.45, 7) is 0. The third kappa shape index (κ3) is 2.20. The van der Waals surface area contributed by atoms with E-state index in [1.54, 1.807) is 0 Å². The number of alkyl halides is 2. The van der Waals surface area contributed by atoms with Gasteiger partial charge >= 0.3 is 5.92 Å². The topological polar surface area (TPSA) is 12.9 Å². The molecule has 0 aliphatic heterocycles. The second-order valence-electron chi connectivity index (χ2n) is 3.41. The molecule has 0 radical (unpaired) electrons. The molecule has 0 saturated heterocycles. The van der Waals surface area contributed by atoms with E-state index in [1.807, 2.05) is 0 Å². The largest absolute Gasteiger partial charge is 0.301 e. The molecule has 17 heavy (non-hydrogen) atoms. The van der Waals surface area contributed by atoms with Gasteiger partial charge in [0.2, 0.25) is 0 Å². The Labute approximate surface area is 104 Å². The van der Waals surface area contributed by atoms with E-state index in [4.69, 9.17) is 0 Å². The van der Waals surface area contributed by atoms with Crippen molar-refractivity contribution >= 4 is 15.9 Å². The number of nitrogens with zero attached hydrogens (tertiary/aromatic N) is 1. The Kier molecular flexibility index (Phi) is 3.19. The lowest BCUT2D eigenvalue weighted by atomic mass is 10.0. The van der Waals surface area contributed by atoms with Crippen LogP contribution in [0.4, 0.5) is 13.2 Å². The summed E-state index contributed by atoms with van der Waals surface area (Å²) >= 11 is 2.89. The van der Waals surface area contributed by atoms with Gasteiger partial charge < -0.3 is 0 Å². The molecule has 0 unspecified atom stereocenters. The van der Waals surface area contributed by atoms with Crippen molar-refractivity contribution in [2.75, 3.05) is 0 Å². The van der Waals surface area contributed by atoms with E-state index in [2.05, 4.69) is 20.9 Å². The van der Waals surface area contributed by atoms with Crippen LogP contribution >= 0.6 is 15.9 Å². The van der Waals surface area contributed by atoms with Crippen molar-refractivity contribution in [3.63, 3.8) is 0 Å². The Bertz CT molecular complexity index is 529. The van der Waals surface area contributed by atoms with Crippen LogP contribution < -0.4 is 0 Å². The molecule has 2 aromatic rings. The average molecular weight is 302 g/mol. The van der Waals surface area contributed by atoms with E-state index < -0.39 is 17.3 Å². The molecule has 0 fully saturated rings. The van der Waals surface area contributed by atoms with E-state index in [0.29, 0.717) is 0 Å². The third-order valence-electron chi connectivity index (χ3n) is 2.33. The first kappa shape index (κ1) is 12.1. The maximum Gasteiger partial charge on any atom is 0.301 e. The van der Waals surface area contributed by atoms with E-state index >= 15 is 0 Å². The molecule has 0 atom stereocenters. The van der Waals surface area contributed by atoms with Crippen molar-refractivity contribution in [2.24, 2.45) is 0 Å². The summed E-state index contributed by atoms with van der Waals surface area (Å²) in [6.07, 6.45) is 2.50. The van der Waals surface area contributed by atoms with Gasteiger partial charge in [-0.3, -0.25) is 4.98 Å². The van der Waals surface area contributed by atoms with Crippen LogP contribution in [0.3, 0.4) is 0 Å². The van der Waals surface area contributed by atoms with Crippen LogP contribution in [0.2, 0.25) is 0 Å². The molecule has 0 amide bonds. The lowest BCUT2D eigenvalue weighted by molar-refractivity contribution is 0.0387. The molecule has 1 heterocycles. The van der Waals surface area contributed by atoms with Crippen molar-refractivity contribution in [3.05, 3.63) is 64.1 Å². The molecule has 1 aromatic carbocycles. The maximum atomic E-state index is 14.0. The molecule has 0 aliphatic rings. The molecule has 5 heteroatoms. The molecule has 1 aromatic heterocycles. The molecular formula is C12H7BrF3N. The molecule has 0 N–H and O–H groups in total.